The molecule has 0 spiro atoms. The zero-order valence-corrected chi connectivity index (χ0v) is 22.1. The summed E-state index contributed by atoms with van der Waals surface area (Å²) in [5.41, 5.74) is 5.01. The van der Waals surface area contributed by atoms with Crippen LogP contribution in [0.4, 0.5) is 11.6 Å². The lowest BCUT2D eigenvalue weighted by molar-refractivity contribution is 0.0946. The number of carbonyl (C=O) groups excluding carboxylic acids is 1. The first kappa shape index (κ1) is 26.1. The number of methoxy groups -OCH3 is 1. The Bertz CT molecular complexity index is 1630. The number of H-pyrrole nitrogens is 1. The van der Waals surface area contributed by atoms with Crippen molar-refractivity contribution in [1.82, 2.24) is 40.4 Å². The maximum Gasteiger partial charge on any atom is 0.270 e. The zero-order valence-electron chi connectivity index (χ0n) is 22.1. The van der Waals surface area contributed by atoms with Crippen LogP contribution in [0.25, 0.3) is 22.6 Å². The zero-order chi connectivity index (χ0) is 27.9. The number of aliphatic imine (C=N–C) groups is 1. The Hall–Kier alpha value is -5.52. The summed E-state index contributed by atoms with van der Waals surface area (Å²) in [7, 11) is 3.26. The summed E-state index contributed by atoms with van der Waals surface area (Å²) < 4.78 is 5.09. The smallest absolute Gasteiger partial charge is 0.270 e. The number of pyridine rings is 3. The predicted octanol–water partition coefficient (Wildman–Crippen LogP) is 3.76. The fraction of sp³-hybridized carbons (Fsp3) is 0.143. The molecule has 12 heteroatoms. The van der Waals surface area contributed by atoms with Crippen molar-refractivity contribution in [2.45, 2.75) is 13.5 Å². The molecular weight excluding hydrogens is 508 g/mol. The highest BCUT2D eigenvalue weighted by atomic mass is 16.5. The van der Waals surface area contributed by atoms with E-state index in [1.54, 1.807) is 57.2 Å². The van der Waals surface area contributed by atoms with E-state index in [2.05, 4.69) is 50.7 Å². The van der Waals surface area contributed by atoms with Crippen molar-refractivity contribution >= 4 is 23.8 Å². The summed E-state index contributed by atoms with van der Waals surface area (Å²) >= 11 is 0. The van der Waals surface area contributed by atoms with Gasteiger partial charge in [0.05, 0.1) is 18.5 Å². The normalized spacial score (nSPS) is 11.0. The van der Waals surface area contributed by atoms with Crippen LogP contribution in [0.5, 0.6) is 5.88 Å². The molecule has 0 saturated heterocycles. The van der Waals surface area contributed by atoms with Crippen LogP contribution in [0, 0.1) is 6.92 Å². The average molecular weight is 535 g/mol. The van der Waals surface area contributed by atoms with E-state index < -0.39 is 0 Å². The minimum absolute atomic E-state index is 0.283. The highest BCUT2D eigenvalue weighted by Crippen LogP contribution is 2.21. The van der Waals surface area contributed by atoms with Gasteiger partial charge in [0.2, 0.25) is 5.88 Å². The Kier molecular flexibility index (Phi) is 7.77. The molecule has 0 aliphatic heterocycles. The van der Waals surface area contributed by atoms with Crippen LogP contribution in [-0.4, -0.2) is 61.4 Å². The van der Waals surface area contributed by atoms with Gasteiger partial charge in [0, 0.05) is 73.4 Å². The molecular formula is C28H26N10O2. The number of aromatic nitrogens is 7. The van der Waals surface area contributed by atoms with Crippen LogP contribution in [-0.2, 0) is 6.54 Å². The third-order valence-corrected chi connectivity index (χ3v) is 5.75. The van der Waals surface area contributed by atoms with Gasteiger partial charge in [0.1, 0.15) is 11.5 Å². The Balaban J connectivity index is 1.21. The first-order chi connectivity index (χ1) is 19.5. The quantitative estimate of drug-likeness (QED) is 0.240. The number of amides is 1. The maximum atomic E-state index is 12.7. The molecule has 200 valence electrons. The third kappa shape index (κ3) is 6.30. The molecule has 0 saturated carbocycles. The van der Waals surface area contributed by atoms with Crippen molar-refractivity contribution in [1.29, 1.82) is 0 Å². The molecule has 0 bridgehead atoms. The molecule has 0 fully saturated rings. The minimum atomic E-state index is -0.299. The van der Waals surface area contributed by atoms with Crippen LogP contribution in [0.2, 0.25) is 0 Å². The molecule has 3 N–H and O–H groups in total. The van der Waals surface area contributed by atoms with Crippen LogP contribution in [0.15, 0.2) is 72.1 Å². The lowest BCUT2D eigenvalue weighted by Gasteiger charge is -2.08. The van der Waals surface area contributed by atoms with Crippen molar-refractivity contribution in [3.8, 4) is 28.5 Å². The number of nitrogens with one attached hydrogen (secondary N) is 3. The second kappa shape index (κ2) is 11.9. The highest BCUT2D eigenvalue weighted by Gasteiger charge is 2.11. The number of aromatic amines is 1. The standard InChI is InChI=1S/C28H26N10O2/c1-17-10-24(35-25-11-21(16-29-2)37-38-25)36-27(34-17)20-5-8-23(31-15-20)28(39)33-13-18-4-7-22(30-12-18)19-6-9-26(40-3)32-14-19/h4-12,14-16H,13H2,1-3H3,(H,33,39)(H2,34,35,36,37,38). The summed E-state index contributed by atoms with van der Waals surface area (Å²) in [6, 6.07) is 14.5. The Morgan fingerprint density at radius 2 is 1.82 bits per heavy atom. The number of nitrogens with zero attached hydrogens (tertiary/aromatic N) is 7. The molecule has 0 radical (unpaired) electrons. The van der Waals surface area contributed by atoms with E-state index in [-0.39, 0.29) is 11.6 Å². The molecule has 5 rings (SSSR count). The Morgan fingerprint density at radius 1 is 0.975 bits per heavy atom. The highest BCUT2D eigenvalue weighted by molar-refractivity contribution is 5.92. The summed E-state index contributed by atoms with van der Waals surface area (Å²) in [5, 5.41) is 13.1. The van der Waals surface area contributed by atoms with E-state index in [0.717, 1.165) is 28.2 Å². The van der Waals surface area contributed by atoms with E-state index >= 15 is 0 Å². The van der Waals surface area contributed by atoms with Crippen LogP contribution in [0.1, 0.15) is 27.4 Å². The van der Waals surface area contributed by atoms with Gasteiger partial charge >= 0.3 is 0 Å². The second-order valence-corrected chi connectivity index (χ2v) is 8.69. The molecule has 5 aromatic heterocycles. The van der Waals surface area contributed by atoms with Crippen molar-refractivity contribution in [2.75, 3.05) is 19.5 Å². The van der Waals surface area contributed by atoms with Gasteiger partial charge in [0.15, 0.2) is 11.6 Å². The number of anilines is 2. The molecule has 0 unspecified atom stereocenters. The summed E-state index contributed by atoms with van der Waals surface area (Å²) in [4.78, 5) is 38.7. The number of ether oxygens (including phenoxy) is 1. The number of aryl methyl sites for hydroxylation is 1. The number of carbonyl (C=O) groups is 1. The van der Waals surface area contributed by atoms with Crippen molar-refractivity contribution in [3.05, 3.63) is 89.8 Å². The maximum absolute atomic E-state index is 12.7. The number of hydrogen-bond acceptors (Lipinski definition) is 10. The minimum Gasteiger partial charge on any atom is -0.481 e. The van der Waals surface area contributed by atoms with Crippen LogP contribution < -0.4 is 15.4 Å². The van der Waals surface area contributed by atoms with Crippen molar-refractivity contribution in [3.63, 3.8) is 0 Å². The molecule has 0 aliphatic rings. The molecule has 5 aromatic rings. The van der Waals surface area contributed by atoms with Gasteiger partial charge in [-0.3, -0.25) is 24.9 Å². The largest absolute Gasteiger partial charge is 0.481 e. The lowest BCUT2D eigenvalue weighted by atomic mass is 10.1. The molecule has 1 amide bonds. The molecule has 40 heavy (non-hydrogen) atoms. The average Bonchev–Trinajstić information content (AvgIpc) is 3.42. The fourth-order valence-corrected chi connectivity index (χ4v) is 3.78. The van der Waals surface area contributed by atoms with Gasteiger partial charge in [0.25, 0.3) is 5.91 Å². The van der Waals surface area contributed by atoms with Crippen molar-refractivity contribution < 1.29 is 9.53 Å². The third-order valence-electron chi connectivity index (χ3n) is 5.75. The molecule has 0 aromatic carbocycles. The molecule has 5 heterocycles. The van der Waals surface area contributed by atoms with E-state index in [1.807, 2.05) is 37.3 Å². The van der Waals surface area contributed by atoms with Gasteiger partial charge < -0.3 is 15.4 Å². The molecule has 0 aliphatic carbocycles. The Labute approximate surface area is 230 Å². The van der Waals surface area contributed by atoms with E-state index in [9.17, 15) is 4.79 Å². The van der Waals surface area contributed by atoms with Gasteiger partial charge in [-0.2, -0.15) is 5.10 Å². The predicted molar refractivity (Wildman–Crippen MR) is 151 cm³/mol. The molecule has 0 atom stereocenters. The number of rotatable bonds is 9. The SMILES string of the molecule is CN=Cc1cc(Nc2cc(C)nc(-c3ccc(C(=O)NCc4ccc(-c5ccc(OC)nc5)nc4)nc3)n2)n[nH]1. The van der Waals surface area contributed by atoms with Gasteiger partial charge in [-0.15, -0.1) is 0 Å². The summed E-state index contributed by atoms with van der Waals surface area (Å²) in [5.74, 6) is 1.91. The fourth-order valence-electron chi connectivity index (χ4n) is 3.78. The van der Waals surface area contributed by atoms with Gasteiger partial charge in [-0.25, -0.2) is 15.0 Å². The van der Waals surface area contributed by atoms with Crippen LogP contribution >= 0.6 is 0 Å². The van der Waals surface area contributed by atoms with Crippen molar-refractivity contribution in [2.24, 2.45) is 4.99 Å². The second-order valence-electron chi connectivity index (χ2n) is 8.69. The first-order valence-electron chi connectivity index (χ1n) is 12.3. The van der Waals surface area contributed by atoms with E-state index in [1.165, 1.54) is 0 Å². The summed E-state index contributed by atoms with van der Waals surface area (Å²) in [6.45, 7) is 2.19. The Morgan fingerprint density at radius 3 is 2.52 bits per heavy atom. The van der Waals surface area contributed by atoms with E-state index in [4.69, 9.17) is 4.74 Å². The molecule has 12 nitrogen and oxygen atoms in total. The van der Waals surface area contributed by atoms with Gasteiger partial charge in [-0.1, -0.05) is 6.07 Å². The lowest BCUT2D eigenvalue weighted by Crippen LogP contribution is -2.23. The van der Waals surface area contributed by atoms with Gasteiger partial charge in [-0.05, 0) is 36.8 Å². The monoisotopic (exact) mass is 534 g/mol. The topological polar surface area (TPSA) is 156 Å². The first-order valence-corrected chi connectivity index (χ1v) is 12.3. The van der Waals surface area contributed by atoms with Crippen LogP contribution in [0.3, 0.4) is 0 Å². The van der Waals surface area contributed by atoms with E-state index in [0.29, 0.717) is 35.4 Å². The number of hydrogen-bond donors (Lipinski definition) is 3. The summed E-state index contributed by atoms with van der Waals surface area (Å²) in [6.07, 6.45) is 6.68.